The van der Waals surface area contributed by atoms with Gasteiger partial charge in [-0.05, 0) is 43.4 Å². The summed E-state index contributed by atoms with van der Waals surface area (Å²) in [5.41, 5.74) is 9.05. The lowest BCUT2D eigenvalue weighted by Gasteiger charge is -2.08. The second-order valence-electron chi connectivity index (χ2n) is 3.69. The first-order valence-electron chi connectivity index (χ1n) is 4.94. The normalized spacial score (nSPS) is 10.1. The van der Waals surface area contributed by atoms with Gasteiger partial charge in [0.2, 0.25) is 5.91 Å². The number of hydrogen-bond acceptors (Lipinski definition) is 1. The van der Waals surface area contributed by atoms with Crippen molar-refractivity contribution in [1.82, 2.24) is 0 Å². The fourth-order valence-electron chi connectivity index (χ4n) is 1.68. The summed E-state index contributed by atoms with van der Waals surface area (Å²) >= 11 is 0. The fourth-order valence-corrected chi connectivity index (χ4v) is 1.68. The molecule has 2 nitrogen and oxygen atoms in total. The van der Waals surface area contributed by atoms with Gasteiger partial charge in [0.25, 0.3) is 0 Å². The van der Waals surface area contributed by atoms with Crippen molar-refractivity contribution in [2.24, 2.45) is 5.73 Å². The molecule has 0 spiro atoms. The molecule has 0 aliphatic heterocycles. The van der Waals surface area contributed by atoms with E-state index in [1.807, 2.05) is 0 Å². The zero-order chi connectivity index (χ0) is 10.6. The number of carbonyl (C=O) groups is 1. The summed E-state index contributed by atoms with van der Waals surface area (Å²) in [7, 11) is 0. The Morgan fingerprint density at radius 2 is 1.86 bits per heavy atom. The van der Waals surface area contributed by atoms with Crippen molar-refractivity contribution in [3.8, 4) is 0 Å². The van der Waals surface area contributed by atoms with E-state index in [0.717, 1.165) is 12.8 Å². The molecule has 1 rings (SSSR count). The Balaban J connectivity index is 2.62. The van der Waals surface area contributed by atoms with Crippen molar-refractivity contribution in [1.29, 1.82) is 0 Å². The van der Waals surface area contributed by atoms with Crippen LogP contribution in [-0.4, -0.2) is 5.91 Å². The Morgan fingerprint density at radius 3 is 2.36 bits per heavy atom. The fraction of sp³-hybridized carbons (Fsp3) is 0.417. The lowest BCUT2D eigenvalue weighted by atomic mass is 9.98. The number of hydrogen-bond donors (Lipinski definition) is 1. The van der Waals surface area contributed by atoms with Crippen molar-refractivity contribution in [3.05, 3.63) is 34.9 Å². The first-order valence-corrected chi connectivity index (χ1v) is 4.94. The molecule has 0 saturated carbocycles. The summed E-state index contributed by atoms with van der Waals surface area (Å²) in [5, 5.41) is 0. The summed E-state index contributed by atoms with van der Waals surface area (Å²) in [6.07, 6.45) is 2.27. The molecule has 0 heterocycles. The standard InChI is InChI=1S/C12H17NO/c1-9-5-3-6-10(2)11(9)7-4-8-12(13)14/h3,5-6H,4,7-8H2,1-2H3,(H2,13,14). The SMILES string of the molecule is Cc1cccc(C)c1CCCC(N)=O. The number of primary amides is 1. The zero-order valence-corrected chi connectivity index (χ0v) is 8.84. The molecule has 0 atom stereocenters. The highest BCUT2D eigenvalue weighted by atomic mass is 16.1. The molecule has 0 saturated heterocycles. The van der Waals surface area contributed by atoms with Crippen LogP contribution < -0.4 is 5.73 Å². The Morgan fingerprint density at radius 1 is 1.29 bits per heavy atom. The van der Waals surface area contributed by atoms with Crippen molar-refractivity contribution in [2.45, 2.75) is 33.1 Å². The molecule has 0 aromatic heterocycles. The Kier molecular flexibility index (Phi) is 3.69. The number of carbonyl (C=O) groups excluding carboxylic acids is 1. The average molecular weight is 191 g/mol. The molecule has 0 unspecified atom stereocenters. The van der Waals surface area contributed by atoms with Gasteiger partial charge in [-0.3, -0.25) is 4.79 Å². The Hall–Kier alpha value is -1.31. The van der Waals surface area contributed by atoms with E-state index in [0.29, 0.717) is 6.42 Å². The summed E-state index contributed by atoms with van der Waals surface area (Å²) in [5.74, 6) is -0.212. The summed E-state index contributed by atoms with van der Waals surface area (Å²) in [6.45, 7) is 4.21. The number of rotatable bonds is 4. The Bertz CT molecular complexity index is 311. The van der Waals surface area contributed by atoms with Gasteiger partial charge in [0.1, 0.15) is 0 Å². The van der Waals surface area contributed by atoms with Crippen LogP contribution in [0.2, 0.25) is 0 Å². The minimum Gasteiger partial charge on any atom is -0.370 e. The van der Waals surface area contributed by atoms with Crippen LogP contribution in [0.15, 0.2) is 18.2 Å². The van der Waals surface area contributed by atoms with E-state index in [1.54, 1.807) is 0 Å². The maximum absolute atomic E-state index is 10.6. The predicted molar refractivity (Wildman–Crippen MR) is 58.0 cm³/mol. The molecule has 0 aliphatic carbocycles. The lowest BCUT2D eigenvalue weighted by molar-refractivity contribution is -0.118. The van der Waals surface area contributed by atoms with Crippen LogP contribution in [0.5, 0.6) is 0 Å². The van der Waals surface area contributed by atoms with Crippen LogP contribution >= 0.6 is 0 Å². The number of benzene rings is 1. The molecule has 1 aromatic carbocycles. The van der Waals surface area contributed by atoms with Crippen LogP contribution in [0.1, 0.15) is 29.5 Å². The average Bonchev–Trinajstić information content (AvgIpc) is 2.09. The van der Waals surface area contributed by atoms with Crippen LogP contribution in [0.3, 0.4) is 0 Å². The molecule has 0 aliphatic rings. The van der Waals surface area contributed by atoms with E-state index in [-0.39, 0.29) is 5.91 Å². The van der Waals surface area contributed by atoms with Gasteiger partial charge in [-0.2, -0.15) is 0 Å². The highest BCUT2D eigenvalue weighted by molar-refractivity contribution is 5.73. The number of aryl methyl sites for hydroxylation is 2. The molecule has 1 amide bonds. The quantitative estimate of drug-likeness (QED) is 0.778. The Labute approximate surface area is 85.1 Å². The van der Waals surface area contributed by atoms with Gasteiger partial charge in [0.05, 0.1) is 0 Å². The first kappa shape index (κ1) is 10.8. The number of nitrogens with two attached hydrogens (primary N) is 1. The third-order valence-corrected chi connectivity index (χ3v) is 2.49. The molecular weight excluding hydrogens is 174 g/mol. The largest absolute Gasteiger partial charge is 0.370 e. The third-order valence-electron chi connectivity index (χ3n) is 2.49. The lowest BCUT2D eigenvalue weighted by Crippen LogP contribution is -2.10. The van der Waals surface area contributed by atoms with Crippen LogP contribution in [0.4, 0.5) is 0 Å². The monoisotopic (exact) mass is 191 g/mol. The summed E-state index contributed by atoms with van der Waals surface area (Å²) < 4.78 is 0. The molecule has 14 heavy (non-hydrogen) atoms. The molecule has 1 aromatic rings. The highest BCUT2D eigenvalue weighted by Gasteiger charge is 2.02. The van der Waals surface area contributed by atoms with Gasteiger partial charge < -0.3 is 5.73 Å². The van der Waals surface area contributed by atoms with Crippen molar-refractivity contribution >= 4 is 5.91 Å². The third kappa shape index (κ3) is 2.87. The molecule has 2 heteroatoms. The maximum Gasteiger partial charge on any atom is 0.217 e. The van der Waals surface area contributed by atoms with Crippen molar-refractivity contribution in [2.75, 3.05) is 0 Å². The van der Waals surface area contributed by atoms with E-state index in [1.165, 1.54) is 16.7 Å². The van der Waals surface area contributed by atoms with E-state index in [9.17, 15) is 4.79 Å². The van der Waals surface area contributed by atoms with Gasteiger partial charge >= 0.3 is 0 Å². The van der Waals surface area contributed by atoms with E-state index in [4.69, 9.17) is 5.73 Å². The molecule has 0 fully saturated rings. The summed E-state index contributed by atoms with van der Waals surface area (Å²) in [4.78, 5) is 10.6. The smallest absolute Gasteiger partial charge is 0.217 e. The predicted octanol–water partition coefficient (Wildman–Crippen LogP) is 2.11. The van der Waals surface area contributed by atoms with Gasteiger partial charge in [0, 0.05) is 6.42 Å². The van der Waals surface area contributed by atoms with Gasteiger partial charge in [-0.1, -0.05) is 18.2 Å². The van der Waals surface area contributed by atoms with Crippen LogP contribution in [-0.2, 0) is 11.2 Å². The van der Waals surface area contributed by atoms with Crippen molar-refractivity contribution in [3.63, 3.8) is 0 Å². The number of amides is 1. The molecular formula is C12H17NO. The van der Waals surface area contributed by atoms with Crippen LogP contribution in [0.25, 0.3) is 0 Å². The first-order chi connectivity index (χ1) is 6.61. The van der Waals surface area contributed by atoms with E-state index < -0.39 is 0 Å². The summed E-state index contributed by atoms with van der Waals surface area (Å²) in [6, 6.07) is 6.27. The molecule has 0 bridgehead atoms. The van der Waals surface area contributed by atoms with Gasteiger partial charge in [0.15, 0.2) is 0 Å². The second-order valence-corrected chi connectivity index (χ2v) is 3.69. The topological polar surface area (TPSA) is 43.1 Å². The zero-order valence-electron chi connectivity index (χ0n) is 8.84. The maximum atomic E-state index is 10.6. The minimum atomic E-state index is -0.212. The second kappa shape index (κ2) is 4.80. The van der Waals surface area contributed by atoms with Gasteiger partial charge in [-0.15, -0.1) is 0 Å². The minimum absolute atomic E-state index is 0.212. The van der Waals surface area contributed by atoms with E-state index >= 15 is 0 Å². The van der Waals surface area contributed by atoms with Crippen molar-refractivity contribution < 1.29 is 4.79 Å². The molecule has 76 valence electrons. The van der Waals surface area contributed by atoms with E-state index in [2.05, 4.69) is 32.0 Å². The van der Waals surface area contributed by atoms with Crippen LogP contribution in [0, 0.1) is 13.8 Å². The van der Waals surface area contributed by atoms with Gasteiger partial charge in [-0.25, -0.2) is 0 Å². The highest BCUT2D eigenvalue weighted by Crippen LogP contribution is 2.15. The molecule has 2 N–H and O–H groups in total. The molecule has 0 radical (unpaired) electrons.